The van der Waals surface area contributed by atoms with Crippen LogP contribution in [0.4, 0.5) is 11.5 Å². The zero-order valence-electron chi connectivity index (χ0n) is 17.0. The minimum absolute atomic E-state index is 0.241. The highest BCUT2D eigenvalue weighted by Gasteiger charge is 2.22. The van der Waals surface area contributed by atoms with E-state index >= 15 is 0 Å². The lowest BCUT2D eigenvalue weighted by Crippen LogP contribution is -2.47. The Labute approximate surface area is 176 Å². The van der Waals surface area contributed by atoms with Crippen LogP contribution in [0, 0.1) is 0 Å². The van der Waals surface area contributed by atoms with E-state index in [0.717, 1.165) is 48.5 Å². The first kappa shape index (κ1) is 19.7. The summed E-state index contributed by atoms with van der Waals surface area (Å²) < 4.78 is 5.25. The first-order valence-corrected chi connectivity index (χ1v) is 9.99. The number of anilines is 2. The fourth-order valence-corrected chi connectivity index (χ4v) is 3.71. The number of ether oxygens (including phenoxy) is 1. The van der Waals surface area contributed by atoms with Crippen molar-refractivity contribution < 1.29 is 9.53 Å². The smallest absolute Gasteiger partial charge is 0.272 e. The highest BCUT2D eigenvalue weighted by atomic mass is 16.5. The lowest BCUT2D eigenvalue weighted by atomic mass is 10.1. The predicted octanol–water partition coefficient (Wildman–Crippen LogP) is 2.88. The molecule has 0 aliphatic carbocycles. The molecule has 1 aromatic heterocycles. The van der Waals surface area contributed by atoms with E-state index in [-0.39, 0.29) is 5.91 Å². The number of amides is 1. The van der Waals surface area contributed by atoms with Gasteiger partial charge in [0.15, 0.2) is 11.5 Å². The number of rotatable bonds is 6. The van der Waals surface area contributed by atoms with Gasteiger partial charge in [0.1, 0.15) is 5.75 Å². The van der Waals surface area contributed by atoms with Gasteiger partial charge < -0.3 is 19.9 Å². The molecule has 7 heteroatoms. The van der Waals surface area contributed by atoms with Gasteiger partial charge in [0.25, 0.3) is 5.91 Å². The number of benzene rings is 2. The highest BCUT2D eigenvalue weighted by Crippen LogP contribution is 2.28. The van der Waals surface area contributed by atoms with Gasteiger partial charge in [-0.25, -0.2) is 0 Å². The van der Waals surface area contributed by atoms with Crippen molar-refractivity contribution in [1.82, 2.24) is 15.5 Å². The second-order valence-electron chi connectivity index (χ2n) is 7.09. The molecule has 1 fully saturated rings. The lowest BCUT2D eigenvalue weighted by molar-refractivity contribution is 0.0954. The average Bonchev–Trinajstić information content (AvgIpc) is 2.82. The second-order valence-corrected chi connectivity index (χ2v) is 7.09. The zero-order chi connectivity index (χ0) is 20.9. The van der Waals surface area contributed by atoms with E-state index < -0.39 is 0 Å². The summed E-state index contributed by atoms with van der Waals surface area (Å²) >= 11 is 0. The molecule has 154 valence electrons. The van der Waals surface area contributed by atoms with Gasteiger partial charge in [-0.2, -0.15) is 0 Å². The molecule has 3 aromatic rings. The van der Waals surface area contributed by atoms with E-state index in [2.05, 4.69) is 44.0 Å². The Morgan fingerprint density at radius 1 is 1.03 bits per heavy atom. The second kappa shape index (κ2) is 8.82. The molecular weight excluding hydrogens is 378 g/mol. The molecule has 0 atom stereocenters. The molecule has 7 nitrogen and oxygen atoms in total. The molecule has 0 spiro atoms. The van der Waals surface area contributed by atoms with E-state index in [0.29, 0.717) is 12.2 Å². The Kier molecular flexibility index (Phi) is 5.79. The van der Waals surface area contributed by atoms with Gasteiger partial charge in [-0.05, 0) is 24.3 Å². The number of hydrogen-bond acceptors (Lipinski definition) is 6. The molecule has 0 saturated carbocycles. The third-order valence-corrected chi connectivity index (χ3v) is 5.31. The molecule has 0 radical (unpaired) electrons. The minimum Gasteiger partial charge on any atom is -0.497 e. The van der Waals surface area contributed by atoms with Gasteiger partial charge in [0, 0.05) is 49.2 Å². The first-order chi connectivity index (χ1) is 14.7. The molecule has 4 rings (SSSR count). The Hall–Kier alpha value is -3.61. The molecule has 1 aliphatic heterocycles. The Morgan fingerprint density at radius 3 is 2.37 bits per heavy atom. The standard InChI is InChI=1S/C23H25N5O2/c1-3-12-24-23(29)21-19-6-4-5-7-20(19)22(26-25-21)28-15-13-27(14-16-28)17-8-10-18(30-2)11-9-17/h3-11H,1,12-16H2,2H3,(H,24,29). The number of piperazine rings is 1. The van der Waals surface area contributed by atoms with Crippen molar-refractivity contribution in [2.24, 2.45) is 0 Å². The van der Waals surface area contributed by atoms with E-state index in [9.17, 15) is 4.79 Å². The van der Waals surface area contributed by atoms with Gasteiger partial charge in [-0.15, -0.1) is 16.8 Å². The quantitative estimate of drug-likeness (QED) is 0.638. The summed E-state index contributed by atoms with van der Waals surface area (Å²) in [5.74, 6) is 1.44. The van der Waals surface area contributed by atoms with E-state index in [4.69, 9.17) is 4.74 Å². The Balaban J connectivity index is 1.54. The van der Waals surface area contributed by atoms with Crippen LogP contribution >= 0.6 is 0 Å². The number of carbonyl (C=O) groups excluding carboxylic acids is 1. The summed E-state index contributed by atoms with van der Waals surface area (Å²) in [5.41, 5.74) is 1.52. The van der Waals surface area contributed by atoms with E-state index in [1.165, 1.54) is 5.69 Å². The van der Waals surface area contributed by atoms with Crippen molar-refractivity contribution in [3.05, 3.63) is 66.9 Å². The number of fused-ring (bicyclic) bond motifs is 1. The molecule has 2 heterocycles. The lowest BCUT2D eigenvalue weighted by Gasteiger charge is -2.37. The molecule has 2 aromatic carbocycles. The monoisotopic (exact) mass is 403 g/mol. The van der Waals surface area contributed by atoms with Gasteiger partial charge in [-0.3, -0.25) is 4.79 Å². The van der Waals surface area contributed by atoms with Crippen LogP contribution in [0.2, 0.25) is 0 Å². The van der Waals surface area contributed by atoms with Gasteiger partial charge in [0.2, 0.25) is 0 Å². The van der Waals surface area contributed by atoms with Crippen molar-refractivity contribution in [1.29, 1.82) is 0 Å². The largest absolute Gasteiger partial charge is 0.497 e. The zero-order valence-corrected chi connectivity index (χ0v) is 17.0. The predicted molar refractivity (Wildman–Crippen MR) is 119 cm³/mol. The normalized spacial score (nSPS) is 13.9. The topological polar surface area (TPSA) is 70.6 Å². The highest BCUT2D eigenvalue weighted by molar-refractivity contribution is 6.07. The van der Waals surface area contributed by atoms with Crippen LogP contribution in [0.25, 0.3) is 10.8 Å². The molecule has 30 heavy (non-hydrogen) atoms. The maximum Gasteiger partial charge on any atom is 0.272 e. The third-order valence-electron chi connectivity index (χ3n) is 5.31. The summed E-state index contributed by atoms with van der Waals surface area (Å²) in [6.45, 7) is 7.44. The van der Waals surface area contributed by atoms with Crippen molar-refractivity contribution in [3.63, 3.8) is 0 Å². The van der Waals surface area contributed by atoms with Crippen molar-refractivity contribution in [3.8, 4) is 5.75 Å². The number of nitrogens with zero attached hydrogens (tertiary/aromatic N) is 4. The Morgan fingerprint density at radius 2 is 1.70 bits per heavy atom. The molecule has 0 unspecified atom stereocenters. The molecule has 1 N–H and O–H groups in total. The fraction of sp³-hybridized carbons (Fsp3) is 0.261. The molecule has 0 bridgehead atoms. The van der Waals surface area contributed by atoms with Crippen molar-refractivity contribution in [2.45, 2.75) is 0 Å². The average molecular weight is 403 g/mol. The third kappa shape index (κ3) is 3.91. The van der Waals surface area contributed by atoms with E-state index in [1.807, 2.05) is 36.4 Å². The van der Waals surface area contributed by atoms with Crippen LogP contribution in [0.5, 0.6) is 5.75 Å². The van der Waals surface area contributed by atoms with Crippen LogP contribution < -0.4 is 19.9 Å². The summed E-state index contributed by atoms with van der Waals surface area (Å²) in [6.07, 6.45) is 1.64. The van der Waals surface area contributed by atoms with Crippen molar-refractivity contribution >= 4 is 28.2 Å². The summed E-state index contributed by atoms with van der Waals surface area (Å²) in [7, 11) is 1.67. The van der Waals surface area contributed by atoms with Gasteiger partial charge in [-0.1, -0.05) is 30.3 Å². The van der Waals surface area contributed by atoms with Crippen LogP contribution in [-0.2, 0) is 0 Å². The number of carbonyl (C=O) groups is 1. The SMILES string of the molecule is C=CCNC(=O)c1nnc(N2CCN(c3ccc(OC)cc3)CC2)c2ccccc12. The summed E-state index contributed by atoms with van der Waals surface area (Å²) in [5, 5.41) is 13.2. The van der Waals surface area contributed by atoms with Crippen LogP contribution in [-0.4, -0.2) is 55.9 Å². The number of hydrogen-bond donors (Lipinski definition) is 1. The van der Waals surface area contributed by atoms with Gasteiger partial charge >= 0.3 is 0 Å². The minimum atomic E-state index is -0.241. The number of aromatic nitrogens is 2. The fourth-order valence-electron chi connectivity index (χ4n) is 3.71. The summed E-state index contributed by atoms with van der Waals surface area (Å²) in [6, 6.07) is 15.9. The van der Waals surface area contributed by atoms with Crippen LogP contribution in [0.15, 0.2) is 61.2 Å². The maximum atomic E-state index is 12.5. The summed E-state index contributed by atoms with van der Waals surface area (Å²) in [4.78, 5) is 17.0. The molecule has 1 aliphatic rings. The Bertz CT molecular complexity index is 1040. The maximum absolute atomic E-state index is 12.5. The van der Waals surface area contributed by atoms with Crippen LogP contribution in [0.1, 0.15) is 10.5 Å². The van der Waals surface area contributed by atoms with Crippen LogP contribution in [0.3, 0.4) is 0 Å². The number of nitrogens with one attached hydrogen (secondary N) is 1. The molecule has 1 saturated heterocycles. The molecular formula is C23H25N5O2. The molecule has 1 amide bonds. The van der Waals surface area contributed by atoms with Crippen molar-refractivity contribution in [2.75, 3.05) is 49.6 Å². The number of methoxy groups -OCH3 is 1. The van der Waals surface area contributed by atoms with Gasteiger partial charge in [0.05, 0.1) is 7.11 Å². The van der Waals surface area contributed by atoms with E-state index in [1.54, 1.807) is 13.2 Å². The first-order valence-electron chi connectivity index (χ1n) is 9.99.